The Labute approximate surface area is 196 Å². The van der Waals surface area contributed by atoms with Gasteiger partial charge in [0, 0.05) is 31.7 Å². The fraction of sp³-hybridized carbons (Fsp3) is 0.444. The molecule has 1 aromatic heterocycles. The predicted octanol–water partition coefficient (Wildman–Crippen LogP) is 5.40. The molecule has 0 amide bonds. The molecule has 1 atom stereocenters. The average molecular weight is 450 g/mol. The maximum atomic E-state index is 10.6. The Kier molecular flexibility index (Phi) is 7.68. The number of methoxy groups -OCH3 is 1. The minimum atomic E-state index is -0.312. The molecule has 1 aliphatic carbocycles. The molecule has 176 valence electrons. The van der Waals surface area contributed by atoms with Crippen molar-refractivity contribution in [1.82, 2.24) is 14.7 Å². The quantitative estimate of drug-likeness (QED) is 0.401. The molecule has 0 aliphatic heterocycles. The molecule has 3 aromatic rings. The van der Waals surface area contributed by atoms with Crippen LogP contribution in [0.5, 0.6) is 17.4 Å². The molecular weight excluding hydrogens is 414 g/mol. The maximum Gasteiger partial charge on any atom is 0.222 e. The molecule has 1 fully saturated rings. The molecule has 0 spiro atoms. The maximum absolute atomic E-state index is 10.6. The van der Waals surface area contributed by atoms with E-state index in [2.05, 4.69) is 24.0 Å². The highest BCUT2D eigenvalue weighted by Crippen LogP contribution is 2.37. The van der Waals surface area contributed by atoms with Crippen molar-refractivity contribution >= 4 is 0 Å². The third kappa shape index (κ3) is 5.95. The van der Waals surface area contributed by atoms with Gasteiger partial charge < -0.3 is 14.6 Å². The predicted molar refractivity (Wildman–Crippen MR) is 131 cm³/mol. The Hall–Kier alpha value is -2.83. The van der Waals surface area contributed by atoms with Gasteiger partial charge in [-0.2, -0.15) is 5.10 Å². The van der Waals surface area contributed by atoms with Crippen molar-refractivity contribution in [2.24, 2.45) is 7.05 Å². The lowest BCUT2D eigenvalue weighted by atomic mass is 10.1. The number of aryl methyl sites for hydroxylation is 1. The summed E-state index contributed by atoms with van der Waals surface area (Å²) in [4.78, 5) is 2.41. The number of nitrogens with zero attached hydrogens (tertiary/aromatic N) is 3. The van der Waals surface area contributed by atoms with E-state index in [9.17, 15) is 5.11 Å². The number of hydrogen-bond acceptors (Lipinski definition) is 5. The Morgan fingerprint density at radius 1 is 1.09 bits per heavy atom. The van der Waals surface area contributed by atoms with E-state index >= 15 is 0 Å². The molecule has 0 unspecified atom stereocenters. The van der Waals surface area contributed by atoms with Gasteiger partial charge in [0.25, 0.3) is 0 Å². The van der Waals surface area contributed by atoms with E-state index in [-0.39, 0.29) is 6.10 Å². The molecule has 6 heteroatoms. The molecule has 4 rings (SSSR count). The smallest absolute Gasteiger partial charge is 0.222 e. The first-order valence-electron chi connectivity index (χ1n) is 11.9. The topological polar surface area (TPSA) is 59.8 Å². The van der Waals surface area contributed by atoms with E-state index in [0.29, 0.717) is 19.1 Å². The Bertz CT molecular complexity index is 1010. The van der Waals surface area contributed by atoms with Gasteiger partial charge >= 0.3 is 0 Å². The summed E-state index contributed by atoms with van der Waals surface area (Å²) in [6, 6.07) is 18.4. The zero-order chi connectivity index (χ0) is 23.2. The molecule has 1 saturated carbocycles. The molecule has 0 bridgehead atoms. The van der Waals surface area contributed by atoms with Crippen LogP contribution in [0.4, 0.5) is 0 Å². The van der Waals surface area contributed by atoms with Gasteiger partial charge in [-0.3, -0.25) is 4.90 Å². The van der Waals surface area contributed by atoms with E-state index in [1.807, 2.05) is 54.2 Å². The monoisotopic (exact) mass is 449 g/mol. The van der Waals surface area contributed by atoms with Crippen molar-refractivity contribution in [2.45, 2.75) is 57.7 Å². The van der Waals surface area contributed by atoms with Gasteiger partial charge in [0.15, 0.2) is 0 Å². The van der Waals surface area contributed by atoms with Gasteiger partial charge in [0.05, 0.1) is 18.8 Å². The second-order valence-corrected chi connectivity index (χ2v) is 8.86. The van der Waals surface area contributed by atoms with E-state index in [0.717, 1.165) is 53.5 Å². The van der Waals surface area contributed by atoms with Crippen molar-refractivity contribution in [3.05, 3.63) is 60.2 Å². The first kappa shape index (κ1) is 23.3. The standard InChI is InChI=1S/C27H35N3O3/c1-4-5-11-22(31)18-30(21-12-13-21)19-25-26(20-9-7-6-8-10-20)28-29(2)27(25)33-24-16-14-23(32-3)15-17-24/h6-10,14-17,21-22,31H,4-5,11-13,18-19H2,1-3H3/t22-/m1/s1. The summed E-state index contributed by atoms with van der Waals surface area (Å²) in [6.45, 7) is 3.53. The van der Waals surface area contributed by atoms with Crippen LogP contribution in [-0.4, -0.2) is 45.6 Å². The van der Waals surface area contributed by atoms with Gasteiger partial charge in [-0.05, 0) is 43.5 Å². The number of benzene rings is 2. The van der Waals surface area contributed by atoms with Crippen molar-refractivity contribution in [3.8, 4) is 28.6 Å². The summed E-state index contributed by atoms with van der Waals surface area (Å²) >= 11 is 0. The normalized spacial score (nSPS) is 14.5. The van der Waals surface area contributed by atoms with Crippen LogP contribution < -0.4 is 9.47 Å². The fourth-order valence-corrected chi connectivity index (χ4v) is 4.19. The molecule has 1 N–H and O–H groups in total. The molecule has 6 nitrogen and oxygen atoms in total. The van der Waals surface area contributed by atoms with E-state index in [1.54, 1.807) is 7.11 Å². The van der Waals surface area contributed by atoms with Gasteiger partial charge in [0.2, 0.25) is 5.88 Å². The summed E-state index contributed by atoms with van der Waals surface area (Å²) in [5.74, 6) is 2.26. The summed E-state index contributed by atoms with van der Waals surface area (Å²) in [5, 5.41) is 15.5. The summed E-state index contributed by atoms with van der Waals surface area (Å²) < 4.78 is 13.5. The van der Waals surface area contributed by atoms with Crippen molar-refractivity contribution < 1.29 is 14.6 Å². The van der Waals surface area contributed by atoms with Crippen LogP contribution in [0.2, 0.25) is 0 Å². The van der Waals surface area contributed by atoms with Crippen LogP contribution >= 0.6 is 0 Å². The lowest BCUT2D eigenvalue weighted by Gasteiger charge is -2.25. The third-order valence-electron chi connectivity index (χ3n) is 6.17. The van der Waals surface area contributed by atoms with Crippen LogP contribution in [0.25, 0.3) is 11.3 Å². The highest BCUT2D eigenvalue weighted by Gasteiger charge is 2.32. The number of ether oxygens (including phenoxy) is 2. The highest BCUT2D eigenvalue weighted by molar-refractivity contribution is 5.65. The second kappa shape index (κ2) is 10.9. The van der Waals surface area contributed by atoms with Gasteiger partial charge in [-0.15, -0.1) is 0 Å². The van der Waals surface area contributed by atoms with Crippen molar-refractivity contribution in [1.29, 1.82) is 0 Å². The molecule has 0 saturated heterocycles. The highest BCUT2D eigenvalue weighted by atomic mass is 16.5. The number of rotatable bonds is 12. The first-order chi connectivity index (χ1) is 16.1. The molecule has 1 aliphatic rings. The minimum absolute atomic E-state index is 0.312. The minimum Gasteiger partial charge on any atom is -0.497 e. The summed E-state index contributed by atoms with van der Waals surface area (Å²) in [7, 11) is 3.58. The van der Waals surface area contributed by atoms with Crippen molar-refractivity contribution in [2.75, 3.05) is 13.7 Å². The molecular formula is C27H35N3O3. The Balaban J connectivity index is 1.65. The van der Waals surface area contributed by atoms with Crippen LogP contribution in [0.3, 0.4) is 0 Å². The zero-order valence-electron chi connectivity index (χ0n) is 19.9. The second-order valence-electron chi connectivity index (χ2n) is 8.86. The molecule has 1 heterocycles. The zero-order valence-corrected chi connectivity index (χ0v) is 19.9. The fourth-order valence-electron chi connectivity index (χ4n) is 4.19. The first-order valence-corrected chi connectivity index (χ1v) is 11.9. The van der Waals surface area contributed by atoms with E-state index < -0.39 is 0 Å². The lowest BCUT2D eigenvalue weighted by Crippen LogP contribution is -2.34. The third-order valence-corrected chi connectivity index (χ3v) is 6.17. The number of aliphatic hydroxyl groups excluding tert-OH is 1. The molecule has 0 radical (unpaired) electrons. The summed E-state index contributed by atoms with van der Waals surface area (Å²) in [5.41, 5.74) is 3.04. The Morgan fingerprint density at radius 3 is 2.42 bits per heavy atom. The van der Waals surface area contributed by atoms with Gasteiger partial charge in [-0.25, -0.2) is 4.68 Å². The van der Waals surface area contributed by atoms with Crippen LogP contribution in [-0.2, 0) is 13.6 Å². The SMILES string of the molecule is CCCC[C@@H](O)CN(Cc1c(-c2ccccc2)nn(C)c1Oc1ccc(OC)cc1)C1CC1. The number of unbranched alkanes of at least 4 members (excludes halogenated alkanes) is 1. The van der Waals surface area contributed by atoms with Crippen LogP contribution in [0.15, 0.2) is 54.6 Å². The van der Waals surface area contributed by atoms with Crippen LogP contribution in [0, 0.1) is 0 Å². The number of aliphatic hydroxyl groups is 1. The summed E-state index contributed by atoms with van der Waals surface area (Å²) in [6.07, 6.45) is 5.03. The van der Waals surface area contributed by atoms with Crippen LogP contribution in [0.1, 0.15) is 44.6 Å². The van der Waals surface area contributed by atoms with Gasteiger partial charge in [-0.1, -0.05) is 50.1 Å². The van der Waals surface area contributed by atoms with E-state index in [1.165, 1.54) is 12.8 Å². The van der Waals surface area contributed by atoms with E-state index in [4.69, 9.17) is 14.6 Å². The molecule has 33 heavy (non-hydrogen) atoms. The number of hydrogen-bond donors (Lipinski definition) is 1. The largest absolute Gasteiger partial charge is 0.497 e. The Morgan fingerprint density at radius 2 is 1.79 bits per heavy atom. The number of aromatic nitrogens is 2. The molecule has 2 aromatic carbocycles. The van der Waals surface area contributed by atoms with Crippen molar-refractivity contribution in [3.63, 3.8) is 0 Å². The lowest BCUT2D eigenvalue weighted by molar-refractivity contribution is 0.0951. The van der Waals surface area contributed by atoms with Gasteiger partial charge in [0.1, 0.15) is 17.2 Å². The average Bonchev–Trinajstić information content (AvgIpc) is 3.65.